The predicted octanol–water partition coefficient (Wildman–Crippen LogP) is 5.55. The molecule has 0 radical (unpaired) electrons. The van der Waals surface area contributed by atoms with Crippen molar-refractivity contribution in [2.75, 3.05) is 5.32 Å². The molecule has 0 saturated carbocycles. The molecule has 2 N–H and O–H groups in total. The van der Waals surface area contributed by atoms with Crippen LogP contribution < -0.4 is 10.9 Å². The Hall–Kier alpha value is -4.56. The standard InChI is InChI=1S/C27H19N5O2S/c1-16-29-23-9-5-3-7-20(23)26(34)32(16)18-12-10-17(11-13-18)25(33)31-27-30-24(15-35-27)21-14-28-22-8-4-2-6-19(21)22/h2-15,28H,1H3,(H,30,31,33). The van der Waals surface area contributed by atoms with Crippen molar-refractivity contribution in [2.45, 2.75) is 6.92 Å². The molecule has 0 atom stereocenters. The Balaban J connectivity index is 1.24. The van der Waals surface area contributed by atoms with Crippen LogP contribution >= 0.6 is 11.3 Å². The van der Waals surface area contributed by atoms with Crippen molar-refractivity contribution in [3.63, 3.8) is 0 Å². The first-order valence-corrected chi connectivity index (χ1v) is 11.9. The summed E-state index contributed by atoms with van der Waals surface area (Å²) in [6.45, 7) is 1.79. The first-order valence-electron chi connectivity index (χ1n) is 11.0. The summed E-state index contributed by atoms with van der Waals surface area (Å²) in [6.07, 6.45) is 1.93. The molecule has 3 heterocycles. The number of hydrogen-bond donors (Lipinski definition) is 2. The number of anilines is 1. The summed E-state index contributed by atoms with van der Waals surface area (Å²) in [4.78, 5) is 38.3. The lowest BCUT2D eigenvalue weighted by molar-refractivity contribution is 0.102. The number of rotatable bonds is 4. The molecule has 0 bridgehead atoms. The quantitative estimate of drug-likeness (QED) is 0.348. The van der Waals surface area contributed by atoms with Crippen molar-refractivity contribution < 1.29 is 4.79 Å². The van der Waals surface area contributed by atoms with E-state index in [0.29, 0.717) is 33.1 Å². The van der Waals surface area contributed by atoms with Crippen LogP contribution in [0.15, 0.2) is 89.2 Å². The van der Waals surface area contributed by atoms with Gasteiger partial charge in [0, 0.05) is 33.6 Å². The van der Waals surface area contributed by atoms with Crippen molar-refractivity contribution in [1.29, 1.82) is 0 Å². The third-order valence-corrected chi connectivity index (χ3v) is 6.68. The van der Waals surface area contributed by atoms with Crippen molar-refractivity contribution in [2.24, 2.45) is 0 Å². The van der Waals surface area contributed by atoms with E-state index in [0.717, 1.165) is 22.2 Å². The molecule has 6 rings (SSSR count). The Morgan fingerprint density at radius 3 is 2.51 bits per heavy atom. The molecule has 35 heavy (non-hydrogen) atoms. The summed E-state index contributed by atoms with van der Waals surface area (Å²) >= 11 is 1.37. The van der Waals surface area contributed by atoms with Crippen molar-refractivity contribution in [3.05, 3.63) is 106 Å². The van der Waals surface area contributed by atoms with Gasteiger partial charge in [0.2, 0.25) is 0 Å². The van der Waals surface area contributed by atoms with Crippen LogP contribution in [0.5, 0.6) is 0 Å². The van der Waals surface area contributed by atoms with E-state index in [1.807, 2.05) is 54.0 Å². The first kappa shape index (κ1) is 21.0. The summed E-state index contributed by atoms with van der Waals surface area (Å²) < 4.78 is 1.55. The number of carbonyl (C=O) groups is 1. The lowest BCUT2D eigenvalue weighted by Crippen LogP contribution is -2.22. The maximum Gasteiger partial charge on any atom is 0.265 e. The van der Waals surface area contributed by atoms with Crippen LogP contribution in [0, 0.1) is 6.92 Å². The minimum absolute atomic E-state index is 0.141. The molecule has 1 amide bonds. The van der Waals surface area contributed by atoms with Crippen LogP contribution in [0.25, 0.3) is 38.8 Å². The average Bonchev–Trinajstić information content (AvgIpc) is 3.51. The van der Waals surface area contributed by atoms with E-state index in [9.17, 15) is 9.59 Å². The van der Waals surface area contributed by atoms with Gasteiger partial charge in [-0.05, 0) is 49.4 Å². The van der Waals surface area contributed by atoms with Gasteiger partial charge in [-0.3, -0.25) is 19.5 Å². The number of para-hydroxylation sites is 2. The van der Waals surface area contributed by atoms with Gasteiger partial charge < -0.3 is 4.98 Å². The van der Waals surface area contributed by atoms with E-state index in [-0.39, 0.29) is 11.5 Å². The number of thiazole rings is 1. The summed E-state index contributed by atoms with van der Waals surface area (Å²) in [6, 6.07) is 22.2. The summed E-state index contributed by atoms with van der Waals surface area (Å²) in [5, 5.41) is 6.95. The second-order valence-electron chi connectivity index (χ2n) is 8.10. The van der Waals surface area contributed by atoms with Crippen LogP contribution in [0.4, 0.5) is 5.13 Å². The van der Waals surface area contributed by atoms with Gasteiger partial charge in [-0.2, -0.15) is 0 Å². The number of hydrogen-bond acceptors (Lipinski definition) is 5. The Morgan fingerprint density at radius 2 is 1.69 bits per heavy atom. The van der Waals surface area contributed by atoms with Gasteiger partial charge in [-0.15, -0.1) is 11.3 Å². The second-order valence-corrected chi connectivity index (χ2v) is 8.96. The fourth-order valence-corrected chi connectivity index (χ4v) is 4.92. The summed E-state index contributed by atoms with van der Waals surface area (Å²) in [7, 11) is 0. The van der Waals surface area contributed by atoms with Crippen molar-refractivity contribution >= 4 is 44.2 Å². The fourth-order valence-electron chi connectivity index (χ4n) is 4.22. The largest absolute Gasteiger partial charge is 0.360 e. The van der Waals surface area contributed by atoms with Crippen LogP contribution in [0.3, 0.4) is 0 Å². The summed E-state index contributed by atoms with van der Waals surface area (Å²) in [5.74, 6) is 0.315. The van der Waals surface area contributed by atoms with E-state index in [2.05, 4.69) is 20.3 Å². The number of benzene rings is 3. The Kier molecular flexibility index (Phi) is 5.00. The molecule has 8 heteroatoms. The zero-order valence-corrected chi connectivity index (χ0v) is 19.5. The van der Waals surface area contributed by atoms with Gasteiger partial charge in [0.25, 0.3) is 11.5 Å². The third kappa shape index (κ3) is 3.70. The number of H-pyrrole nitrogens is 1. The number of aryl methyl sites for hydroxylation is 1. The Bertz CT molecular complexity index is 1780. The van der Waals surface area contributed by atoms with E-state index in [4.69, 9.17) is 0 Å². The van der Waals surface area contributed by atoms with E-state index in [1.54, 1.807) is 41.8 Å². The van der Waals surface area contributed by atoms with Crippen LogP contribution in [-0.2, 0) is 0 Å². The molecular weight excluding hydrogens is 458 g/mol. The fraction of sp³-hybridized carbons (Fsp3) is 0.0370. The number of nitrogens with one attached hydrogen (secondary N) is 2. The highest BCUT2D eigenvalue weighted by Gasteiger charge is 2.14. The monoisotopic (exact) mass is 477 g/mol. The molecule has 0 fully saturated rings. The van der Waals surface area contributed by atoms with Gasteiger partial charge in [-0.1, -0.05) is 30.3 Å². The molecule has 0 unspecified atom stereocenters. The van der Waals surface area contributed by atoms with E-state index >= 15 is 0 Å². The third-order valence-electron chi connectivity index (χ3n) is 5.92. The van der Waals surface area contributed by atoms with Gasteiger partial charge in [0.15, 0.2) is 5.13 Å². The van der Waals surface area contributed by atoms with Gasteiger partial charge in [-0.25, -0.2) is 9.97 Å². The molecular formula is C27H19N5O2S. The predicted molar refractivity (Wildman–Crippen MR) is 139 cm³/mol. The molecule has 3 aromatic heterocycles. The van der Waals surface area contributed by atoms with Gasteiger partial charge >= 0.3 is 0 Å². The summed E-state index contributed by atoms with van der Waals surface area (Å²) in [5.41, 5.74) is 4.48. The Labute approximate surface area is 203 Å². The molecule has 6 aromatic rings. The number of fused-ring (bicyclic) bond motifs is 2. The Morgan fingerprint density at radius 1 is 0.943 bits per heavy atom. The number of aromatic nitrogens is 4. The average molecular weight is 478 g/mol. The van der Waals surface area contributed by atoms with Crippen molar-refractivity contribution in [1.82, 2.24) is 19.5 Å². The topological polar surface area (TPSA) is 92.7 Å². The zero-order chi connectivity index (χ0) is 23.9. The van der Waals surface area contributed by atoms with Gasteiger partial charge in [0.05, 0.1) is 22.3 Å². The van der Waals surface area contributed by atoms with Crippen molar-refractivity contribution in [3.8, 4) is 16.9 Å². The minimum Gasteiger partial charge on any atom is -0.360 e. The molecule has 7 nitrogen and oxygen atoms in total. The highest BCUT2D eigenvalue weighted by molar-refractivity contribution is 7.14. The molecule has 3 aromatic carbocycles. The van der Waals surface area contributed by atoms with Crippen LogP contribution in [0.2, 0.25) is 0 Å². The minimum atomic E-state index is -0.267. The zero-order valence-electron chi connectivity index (χ0n) is 18.6. The van der Waals surface area contributed by atoms with Gasteiger partial charge in [0.1, 0.15) is 5.82 Å². The number of aromatic amines is 1. The number of carbonyl (C=O) groups excluding carboxylic acids is 1. The molecule has 0 aliphatic carbocycles. The van der Waals surface area contributed by atoms with Crippen LogP contribution in [0.1, 0.15) is 16.2 Å². The SMILES string of the molecule is Cc1nc2ccccc2c(=O)n1-c1ccc(C(=O)Nc2nc(-c3c[nH]c4ccccc34)cs2)cc1. The number of nitrogens with zero attached hydrogens (tertiary/aromatic N) is 3. The highest BCUT2D eigenvalue weighted by atomic mass is 32.1. The lowest BCUT2D eigenvalue weighted by atomic mass is 10.1. The first-order chi connectivity index (χ1) is 17.1. The van der Waals surface area contributed by atoms with E-state index in [1.165, 1.54) is 11.3 Å². The second kappa shape index (κ2) is 8.34. The lowest BCUT2D eigenvalue weighted by Gasteiger charge is -2.11. The molecule has 0 aliphatic heterocycles. The molecule has 170 valence electrons. The maximum atomic E-state index is 13.0. The maximum absolute atomic E-state index is 13.0. The molecule has 0 aliphatic rings. The highest BCUT2D eigenvalue weighted by Crippen LogP contribution is 2.31. The smallest absolute Gasteiger partial charge is 0.265 e. The molecule has 0 spiro atoms. The number of amides is 1. The van der Waals surface area contributed by atoms with Crippen LogP contribution in [-0.4, -0.2) is 25.4 Å². The van der Waals surface area contributed by atoms with E-state index < -0.39 is 0 Å². The molecule has 0 saturated heterocycles. The normalized spacial score (nSPS) is 11.2.